The molecule has 0 fully saturated rings. The van der Waals surface area contributed by atoms with Crippen molar-refractivity contribution in [2.45, 2.75) is 84.0 Å². The molecule has 0 aliphatic carbocycles. The molecule has 0 saturated carbocycles. The van der Waals surface area contributed by atoms with Crippen molar-refractivity contribution in [1.29, 1.82) is 0 Å². The Bertz CT molecular complexity index is 402. The fourth-order valence-corrected chi connectivity index (χ4v) is 2.38. The minimum absolute atomic E-state index is 0.123. The number of ether oxygens (including phenoxy) is 1. The number of rotatable bonds is 16. The Kier molecular flexibility index (Phi) is 19.2. The molecule has 0 aliphatic rings. The first-order valence-corrected chi connectivity index (χ1v) is 9.98. The summed E-state index contributed by atoms with van der Waals surface area (Å²) in [6, 6.07) is 0. The van der Waals surface area contributed by atoms with Gasteiger partial charge >= 0.3 is 5.97 Å². The number of methoxy groups -OCH3 is 1. The molecule has 2 heteroatoms. The molecule has 0 heterocycles. The van der Waals surface area contributed by atoms with Crippen LogP contribution in [0.5, 0.6) is 0 Å². The molecule has 0 radical (unpaired) electrons. The molecule has 0 aromatic carbocycles. The highest BCUT2D eigenvalue weighted by atomic mass is 16.5. The number of carbonyl (C=O) groups excluding carboxylic acids is 1. The lowest BCUT2D eigenvalue weighted by atomic mass is 10.1. The maximum atomic E-state index is 10.9. The zero-order chi connectivity index (χ0) is 18.4. The first-order chi connectivity index (χ1) is 12.3. The second kappa shape index (κ2) is 20.5. The zero-order valence-electron chi connectivity index (χ0n) is 16.4. The Morgan fingerprint density at radius 3 is 1.68 bits per heavy atom. The number of unbranched alkanes of at least 4 members (excludes halogenated alkanes) is 6. The van der Waals surface area contributed by atoms with E-state index in [2.05, 4.69) is 60.3 Å². The van der Waals surface area contributed by atoms with Crippen LogP contribution in [0.25, 0.3) is 0 Å². The van der Waals surface area contributed by atoms with Crippen molar-refractivity contribution in [3.05, 3.63) is 48.6 Å². The van der Waals surface area contributed by atoms with Crippen LogP contribution in [0.2, 0.25) is 0 Å². The second-order valence-electron chi connectivity index (χ2n) is 6.26. The highest BCUT2D eigenvalue weighted by molar-refractivity contribution is 5.69. The van der Waals surface area contributed by atoms with Crippen LogP contribution in [0, 0.1) is 0 Å². The maximum absolute atomic E-state index is 10.9. The van der Waals surface area contributed by atoms with E-state index < -0.39 is 0 Å². The fraction of sp³-hybridized carbons (Fsp3) is 0.609. The predicted molar refractivity (Wildman–Crippen MR) is 110 cm³/mol. The Morgan fingerprint density at radius 1 is 0.680 bits per heavy atom. The molecular formula is C23H38O2. The number of hydrogen-bond acceptors (Lipinski definition) is 2. The summed E-state index contributed by atoms with van der Waals surface area (Å²) in [6.07, 6.45) is 31.1. The highest BCUT2D eigenvalue weighted by Gasteiger charge is 1.96. The minimum Gasteiger partial charge on any atom is -0.469 e. The van der Waals surface area contributed by atoms with Crippen molar-refractivity contribution in [3.8, 4) is 0 Å². The molecule has 0 unspecified atom stereocenters. The van der Waals surface area contributed by atoms with Crippen molar-refractivity contribution >= 4 is 5.97 Å². The van der Waals surface area contributed by atoms with E-state index in [1.165, 1.54) is 45.6 Å². The van der Waals surface area contributed by atoms with Gasteiger partial charge in [0.2, 0.25) is 0 Å². The van der Waals surface area contributed by atoms with Crippen LogP contribution in [-0.2, 0) is 9.53 Å². The van der Waals surface area contributed by atoms with Crippen molar-refractivity contribution in [1.82, 2.24) is 0 Å². The lowest BCUT2D eigenvalue weighted by molar-refractivity contribution is -0.140. The Labute approximate surface area is 155 Å². The van der Waals surface area contributed by atoms with Gasteiger partial charge in [-0.15, -0.1) is 0 Å². The molecule has 0 spiro atoms. The van der Waals surface area contributed by atoms with Crippen molar-refractivity contribution in [3.63, 3.8) is 0 Å². The lowest BCUT2D eigenvalue weighted by Crippen LogP contribution is -1.98. The van der Waals surface area contributed by atoms with Gasteiger partial charge in [0.15, 0.2) is 0 Å². The van der Waals surface area contributed by atoms with Gasteiger partial charge in [-0.05, 0) is 44.9 Å². The van der Waals surface area contributed by atoms with Gasteiger partial charge in [-0.1, -0.05) is 81.2 Å². The van der Waals surface area contributed by atoms with Crippen LogP contribution >= 0.6 is 0 Å². The summed E-state index contributed by atoms with van der Waals surface area (Å²) in [5.74, 6) is -0.123. The number of carbonyl (C=O) groups is 1. The smallest absolute Gasteiger partial charge is 0.305 e. The van der Waals surface area contributed by atoms with Gasteiger partial charge in [0, 0.05) is 6.42 Å². The maximum Gasteiger partial charge on any atom is 0.305 e. The number of hydrogen-bond donors (Lipinski definition) is 0. The Balaban J connectivity index is 3.40. The van der Waals surface area contributed by atoms with E-state index in [0.29, 0.717) is 6.42 Å². The summed E-state index contributed by atoms with van der Waals surface area (Å²) >= 11 is 0. The molecule has 0 atom stereocenters. The fourth-order valence-electron chi connectivity index (χ4n) is 2.38. The lowest BCUT2D eigenvalue weighted by Gasteiger charge is -1.95. The number of allylic oxidation sites excluding steroid dienone is 8. The average molecular weight is 347 g/mol. The van der Waals surface area contributed by atoms with E-state index in [9.17, 15) is 4.79 Å². The molecule has 0 aliphatic heterocycles. The van der Waals surface area contributed by atoms with Crippen LogP contribution in [0.3, 0.4) is 0 Å². The van der Waals surface area contributed by atoms with Crippen LogP contribution in [0.1, 0.15) is 84.0 Å². The Morgan fingerprint density at radius 2 is 1.16 bits per heavy atom. The van der Waals surface area contributed by atoms with E-state index in [0.717, 1.165) is 32.1 Å². The monoisotopic (exact) mass is 346 g/mol. The summed E-state index contributed by atoms with van der Waals surface area (Å²) in [7, 11) is 1.43. The van der Waals surface area contributed by atoms with Crippen LogP contribution in [0.15, 0.2) is 48.6 Å². The molecule has 142 valence electrons. The van der Waals surface area contributed by atoms with Gasteiger partial charge < -0.3 is 4.74 Å². The summed E-state index contributed by atoms with van der Waals surface area (Å²) in [5, 5.41) is 0. The molecule has 0 aromatic rings. The van der Waals surface area contributed by atoms with E-state index in [4.69, 9.17) is 0 Å². The molecule has 0 bridgehead atoms. The Hall–Kier alpha value is -1.57. The molecule has 0 rings (SSSR count). The van der Waals surface area contributed by atoms with Crippen LogP contribution in [-0.4, -0.2) is 13.1 Å². The van der Waals surface area contributed by atoms with Gasteiger partial charge in [0.1, 0.15) is 0 Å². The van der Waals surface area contributed by atoms with Gasteiger partial charge in [-0.3, -0.25) is 4.79 Å². The molecule has 0 saturated heterocycles. The van der Waals surface area contributed by atoms with Crippen LogP contribution < -0.4 is 0 Å². The molecule has 0 aromatic heterocycles. The third-order valence-corrected chi connectivity index (χ3v) is 3.94. The van der Waals surface area contributed by atoms with Gasteiger partial charge in [-0.25, -0.2) is 0 Å². The highest BCUT2D eigenvalue weighted by Crippen LogP contribution is 2.05. The van der Waals surface area contributed by atoms with Gasteiger partial charge in [0.05, 0.1) is 7.11 Å². The SMILES string of the molecule is CCCCCCC/C=C/C/C=C/C/C=C/C/C=C/CCCC(=O)OC. The summed E-state index contributed by atoms with van der Waals surface area (Å²) in [4.78, 5) is 10.9. The topological polar surface area (TPSA) is 26.3 Å². The zero-order valence-corrected chi connectivity index (χ0v) is 16.4. The minimum atomic E-state index is -0.123. The number of esters is 1. The van der Waals surface area contributed by atoms with Gasteiger partial charge in [0.25, 0.3) is 0 Å². The van der Waals surface area contributed by atoms with Crippen molar-refractivity contribution < 1.29 is 9.53 Å². The van der Waals surface area contributed by atoms with E-state index in [1.807, 2.05) is 0 Å². The second-order valence-corrected chi connectivity index (χ2v) is 6.26. The third kappa shape index (κ3) is 20.4. The summed E-state index contributed by atoms with van der Waals surface area (Å²) < 4.78 is 4.60. The summed E-state index contributed by atoms with van der Waals surface area (Å²) in [6.45, 7) is 2.26. The average Bonchev–Trinajstić information content (AvgIpc) is 2.63. The molecule has 2 nitrogen and oxygen atoms in total. The molecule has 25 heavy (non-hydrogen) atoms. The predicted octanol–water partition coefficient (Wildman–Crippen LogP) is 7.09. The molecule has 0 N–H and O–H groups in total. The quantitative estimate of drug-likeness (QED) is 0.169. The first kappa shape index (κ1) is 23.4. The van der Waals surface area contributed by atoms with E-state index in [-0.39, 0.29) is 5.97 Å². The standard InChI is InChI=1S/C23H38O2/c1-3-4-5-6-7-8-9-10-11-12-13-14-15-16-17-18-19-20-21-22-23(24)25-2/h9-10,12-13,15-16,18-19H,3-8,11,14,17,20-22H2,1-2H3/b10-9+,13-12+,16-15+,19-18+. The van der Waals surface area contributed by atoms with Crippen molar-refractivity contribution in [2.24, 2.45) is 0 Å². The third-order valence-electron chi connectivity index (χ3n) is 3.94. The largest absolute Gasteiger partial charge is 0.469 e. The molecule has 0 amide bonds. The first-order valence-electron chi connectivity index (χ1n) is 9.98. The normalized spacial score (nSPS) is 12.2. The summed E-state index contributed by atoms with van der Waals surface area (Å²) in [5.41, 5.74) is 0. The van der Waals surface area contributed by atoms with Crippen LogP contribution in [0.4, 0.5) is 0 Å². The van der Waals surface area contributed by atoms with Gasteiger partial charge in [-0.2, -0.15) is 0 Å². The van der Waals surface area contributed by atoms with E-state index in [1.54, 1.807) is 0 Å². The van der Waals surface area contributed by atoms with E-state index >= 15 is 0 Å². The molecular weight excluding hydrogens is 308 g/mol. The van der Waals surface area contributed by atoms with Crippen molar-refractivity contribution in [2.75, 3.05) is 7.11 Å².